The molecular weight excluding hydrogens is 242 g/mol. The summed E-state index contributed by atoms with van der Waals surface area (Å²) in [6.07, 6.45) is 2.83. The average Bonchev–Trinajstić information content (AvgIpc) is 3.01. The van der Waals surface area contributed by atoms with Crippen molar-refractivity contribution < 1.29 is 0 Å². The molecule has 0 aliphatic carbocycles. The zero-order chi connectivity index (χ0) is 13.4. The lowest BCUT2D eigenvalue weighted by atomic mass is 9.95. The Morgan fingerprint density at radius 1 is 1.47 bits per heavy atom. The fraction of sp³-hybridized carbons (Fsp3) is 0.583. The van der Waals surface area contributed by atoms with Crippen LogP contribution >= 0.6 is 0 Å². The van der Waals surface area contributed by atoms with Gasteiger partial charge in [-0.3, -0.25) is 9.78 Å². The number of aromatic amines is 1. The molecule has 2 atom stereocenters. The molecule has 3 heterocycles. The Morgan fingerprint density at radius 3 is 3.00 bits per heavy atom. The third-order valence-electron chi connectivity index (χ3n) is 3.84. The van der Waals surface area contributed by atoms with Crippen LogP contribution in [-0.4, -0.2) is 44.1 Å². The third kappa shape index (κ3) is 2.21. The van der Waals surface area contributed by atoms with E-state index in [1.54, 1.807) is 10.9 Å². The predicted octanol–water partition coefficient (Wildman–Crippen LogP) is 0.379. The van der Waals surface area contributed by atoms with Crippen molar-refractivity contribution in [2.75, 3.05) is 18.0 Å². The van der Waals surface area contributed by atoms with Crippen molar-refractivity contribution in [3.05, 3.63) is 12.3 Å². The van der Waals surface area contributed by atoms with Crippen LogP contribution in [0.2, 0.25) is 0 Å². The summed E-state index contributed by atoms with van der Waals surface area (Å²) in [5.41, 5.74) is 7.03. The van der Waals surface area contributed by atoms with Gasteiger partial charge in [0.05, 0.1) is 0 Å². The van der Waals surface area contributed by atoms with Crippen LogP contribution in [0.3, 0.4) is 0 Å². The van der Waals surface area contributed by atoms with Crippen LogP contribution in [-0.2, 0) is 7.05 Å². The first-order chi connectivity index (χ1) is 9.15. The summed E-state index contributed by atoms with van der Waals surface area (Å²) < 4.78 is 1.77. The van der Waals surface area contributed by atoms with E-state index in [-0.39, 0.29) is 6.04 Å². The highest BCUT2D eigenvalue weighted by atomic mass is 15.4. The second-order valence-electron chi connectivity index (χ2n) is 5.20. The number of rotatable bonds is 2. The third-order valence-corrected chi connectivity index (χ3v) is 3.84. The van der Waals surface area contributed by atoms with E-state index in [1.807, 2.05) is 13.1 Å². The molecule has 0 radical (unpaired) electrons. The van der Waals surface area contributed by atoms with E-state index < -0.39 is 0 Å². The Hall–Kier alpha value is -1.89. The topological polar surface area (TPSA) is 88.7 Å². The van der Waals surface area contributed by atoms with Crippen LogP contribution in [0.15, 0.2) is 12.3 Å². The largest absolute Gasteiger partial charge is 0.338 e. The van der Waals surface area contributed by atoms with Gasteiger partial charge in [0, 0.05) is 32.4 Å². The van der Waals surface area contributed by atoms with E-state index in [0.717, 1.165) is 37.0 Å². The molecule has 0 aromatic carbocycles. The van der Waals surface area contributed by atoms with Gasteiger partial charge in [-0.2, -0.15) is 10.1 Å². The minimum absolute atomic E-state index is 0.187. The standard InChI is InChI=1S/C12H19N7/c1-8-4-6-19(7-9(8)13)12-15-11(16-17-12)10-3-5-14-18(10)2/h3,5,8-9H,4,6-7,13H2,1-2H3,(H,15,16,17). The molecule has 0 amide bonds. The second kappa shape index (κ2) is 4.65. The second-order valence-corrected chi connectivity index (χ2v) is 5.20. The van der Waals surface area contributed by atoms with E-state index in [9.17, 15) is 0 Å². The predicted molar refractivity (Wildman–Crippen MR) is 72.6 cm³/mol. The maximum atomic E-state index is 6.11. The highest BCUT2D eigenvalue weighted by Crippen LogP contribution is 2.21. The number of hydrogen-bond donors (Lipinski definition) is 2. The first kappa shape index (κ1) is 12.2. The summed E-state index contributed by atoms with van der Waals surface area (Å²) >= 11 is 0. The van der Waals surface area contributed by atoms with Gasteiger partial charge in [0.1, 0.15) is 5.69 Å². The molecular formula is C12H19N7. The molecule has 0 saturated carbocycles. The number of nitrogens with zero attached hydrogens (tertiary/aromatic N) is 5. The van der Waals surface area contributed by atoms with Gasteiger partial charge in [0.15, 0.2) is 5.82 Å². The molecule has 2 aromatic heterocycles. The minimum atomic E-state index is 0.187. The molecule has 0 spiro atoms. The van der Waals surface area contributed by atoms with Gasteiger partial charge in [-0.25, -0.2) is 0 Å². The highest BCUT2D eigenvalue weighted by Gasteiger charge is 2.25. The molecule has 2 aromatic rings. The SMILES string of the molecule is CC1CCN(c2n[nH]c(-c3ccnn3C)n2)CC1N. The van der Waals surface area contributed by atoms with Crippen LogP contribution in [0.25, 0.3) is 11.5 Å². The Balaban J connectivity index is 1.80. The van der Waals surface area contributed by atoms with Crippen molar-refractivity contribution in [2.45, 2.75) is 19.4 Å². The van der Waals surface area contributed by atoms with Crippen molar-refractivity contribution in [3.63, 3.8) is 0 Å². The maximum Gasteiger partial charge on any atom is 0.245 e. The van der Waals surface area contributed by atoms with Crippen molar-refractivity contribution >= 4 is 5.95 Å². The Bertz CT molecular complexity index is 558. The lowest BCUT2D eigenvalue weighted by molar-refractivity contribution is 0.376. The van der Waals surface area contributed by atoms with Crippen molar-refractivity contribution in [2.24, 2.45) is 18.7 Å². The van der Waals surface area contributed by atoms with E-state index in [4.69, 9.17) is 5.73 Å². The zero-order valence-corrected chi connectivity index (χ0v) is 11.2. The van der Waals surface area contributed by atoms with Crippen molar-refractivity contribution in [1.82, 2.24) is 25.0 Å². The zero-order valence-electron chi connectivity index (χ0n) is 11.2. The molecule has 3 N–H and O–H groups in total. The van der Waals surface area contributed by atoms with Gasteiger partial charge in [-0.05, 0) is 18.4 Å². The summed E-state index contributed by atoms with van der Waals surface area (Å²) in [5.74, 6) is 2.02. The maximum absolute atomic E-state index is 6.11. The van der Waals surface area contributed by atoms with Crippen LogP contribution in [0.5, 0.6) is 0 Å². The highest BCUT2D eigenvalue weighted by molar-refractivity contribution is 5.51. The molecule has 19 heavy (non-hydrogen) atoms. The Kier molecular flexibility index (Phi) is 2.98. The number of piperidine rings is 1. The van der Waals surface area contributed by atoms with Crippen LogP contribution in [0.1, 0.15) is 13.3 Å². The molecule has 3 rings (SSSR count). The molecule has 1 fully saturated rings. The van der Waals surface area contributed by atoms with Gasteiger partial charge >= 0.3 is 0 Å². The number of hydrogen-bond acceptors (Lipinski definition) is 5. The fourth-order valence-electron chi connectivity index (χ4n) is 2.40. The lowest BCUT2D eigenvalue weighted by Gasteiger charge is -2.34. The minimum Gasteiger partial charge on any atom is -0.338 e. The molecule has 7 nitrogen and oxygen atoms in total. The Morgan fingerprint density at radius 2 is 2.32 bits per heavy atom. The molecule has 1 aliphatic rings. The number of anilines is 1. The number of H-pyrrole nitrogens is 1. The summed E-state index contributed by atoms with van der Waals surface area (Å²) in [5, 5.41) is 11.4. The van der Waals surface area contributed by atoms with Crippen LogP contribution < -0.4 is 10.6 Å². The molecule has 1 aliphatic heterocycles. The van der Waals surface area contributed by atoms with E-state index >= 15 is 0 Å². The first-order valence-corrected chi connectivity index (χ1v) is 6.56. The average molecular weight is 261 g/mol. The number of nitrogens with two attached hydrogens (primary N) is 1. The van der Waals surface area contributed by atoms with Gasteiger partial charge in [-0.1, -0.05) is 6.92 Å². The van der Waals surface area contributed by atoms with E-state index in [2.05, 4.69) is 32.1 Å². The molecule has 1 saturated heterocycles. The summed E-state index contributed by atoms with van der Waals surface area (Å²) in [7, 11) is 1.88. The fourth-order valence-corrected chi connectivity index (χ4v) is 2.40. The molecule has 102 valence electrons. The summed E-state index contributed by atoms with van der Waals surface area (Å²) in [4.78, 5) is 6.68. The Labute approximate surface area is 111 Å². The summed E-state index contributed by atoms with van der Waals surface area (Å²) in [6, 6.07) is 2.10. The normalized spacial score (nSPS) is 23.8. The first-order valence-electron chi connectivity index (χ1n) is 6.56. The van der Waals surface area contributed by atoms with Crippen LogP contribution in [0, 0.1) is 5.92 Å². The van der Waals surface area contributed by atoms with Gasteiger partial charge in [-0.15, -0.1) is 5.10 Å². The number of aryl methyl sites for hydroxylation is 1. The number of aromatic nitrogens is 5. The lowest BCUT2D eigenvalue weighted by Crippen LogP contribution is -2.48. The monoisotopic (exact) mass is 261 g/mol. The van der Waals surface area contributed by atoms with Gasteiger partial charge in [0.2, 0.25) is 5.95 Å². The molecule has 2 unspecified atom stereocenters. The molecule has 7 heteroatoms. The van der Waals surface area contributed by atoms with E-state index in [0.29, 0.717) is 5.92 Å². The van der Waals surface area contributed by atoms with Crippen molar-refractivity contribution in [3.8, 4) is 11.5 Å². The quantitative estimate of drug-likeness (QED) is 0.815. The van der Waals surface area contributed by atoms with Crippen molar-refractivity contribution in [1.29, 1.82) is 0 Å². The van der Waals surface area contributed by atoms with E-state index in [1.165, 1.54) is 0 Å². The van der Waals surface area contributed by atoms with Gasteiger partial charge < -0.3 is 10.6 Å². The summed E-state index contributed by atoms with van der Waals surface area (Å²) in [6.45, 7) is 3.96. The smallest absolute Gasteiger partial charge is 0.245 e. The van der Waals surface area contributed by atoms with Gasteiger partial charge in [0.25, 0.3) is 0 Å². The molecule has 0 bridgehead atoms. The number of nitrogens with one attached hydrogen (secondary N) is 1. The van der Waals surface area contributed by atoms with Crippen LogP contribution in [0.4, 0.5) is 5.95 Å².